The summed E-state index contributed by atoms with van der Waals surface area (Å²) in [5, 5.41) is 2.34. The smallest absolute Gasteiger partial charge is 0.355 e. The van der Waals surface area contributed by atoms with Gasteiger partial charge in [-0.15, -0.1) is 0 Å². The SMILES string of the molecule is CCNC(=O)C(C)N(Cc1ccc(C)cc1)C(=O)CN(c1cc(C(F)(F)F)ccc1Cl)S(=O)(=O)c1ccccc1. The molecule has 12 heteroatoms. The molecule has 0 saturated heterocycles. The van der Waals surface area contributed by atoms with Gasteiger partial charge in [-0.25, -0.2) is 8.42 Å². The van der Waals surface area contributed by atoms with Gasteiger partial charge in [0, 0.05) is 13.1 Å². The molecular weight excluding hydrogens is 567 g/mol. The third-order valence-electron chi connectivity index (χ3n) is 6.14. The van der Waals surface area contributed by atoms with Gasteiger partial charge in [0.1, 0.15) is 12.6 Å². The van der Waals surface area contributed by atoms with Crippen LogP contribution in [0.4, 0.5) is 18.9 Å². The van der Waals surface area contributed by atoms with Crippen LogP contribution >= 0.6 is 11.6 Å². The Labute approximate surface area is 236 Å². The van der Waals surface area contributed by atoms with Gasteiger partial charge in [0.05, 0.1) is 21.2 Å². The summed E-state index contributed by atoms with van der Waals surface area (Å²) in [5.41, 5.74) is -0.0168. The summed E-state index contributed by atoms with van der Waals surface area (Å²) in [7, 11) is -4.57. The molecule has 3 aromatic rings. The van der Waals surface area contributed by atoms with E-state index in [2.05, 4.69) is 5.32 Å². The zero-order chi connectivity index (χ0) is 29.7. The van der Waals surface area contributed by atoms with Crippen LogP contribution in [0.5, 0.6) is 0 Å². The number of carbonyl (C=O) groups is 2. The number of benzene rings is 3. The van der Waals surface area contributed by atoms with Crippen LogP contribution in [0.25, 0.3) is 0 Å². The quantitative estimate of drug-likeness (QED) is 0.339. The van der Waals surface area contributed by atoms with Gasteiger partial charge >= 0.3 is 6.18 Å². The molecule has 3 aromatic carbocycles. The minimum atomic E-state index is -4.80. The predicted octanol–water partition coefficient (Wildman–Crippen LogP) is 5.42. The molecule has 1 unspecified atom stereocenters. The fourth-order valence-electron chi connectivity index (χ4n) is 3.91. The molecule has 0 aliphatic carbocycles. The topological polar surface area (TPSA) is 86.8 Å². The minimum Gasteiger partial charge on any atom is -0.355 e. The second kappa shape index (κ2) is 12.7. The predicted molar refractivity (Wildman–Crippen MR) is 147 cm³/mol. The fourth-order valence-corrected chi connectivity index (χ4v) is 5.62. The number of sulfonamides is 1. The van der Waals surface area contributed by atoms with E-state index in [1.165, 1.54) is 36.1 Å². The molecule has 2 amide bonds. The zero-order valence-electron chi connectivity index (χ0n) is 22.1. The highest BCUT2D eigenvalue weighted by Gasteiger charge is 2.36. The highest BCUT2D eigenvalue weighted by Crippen LogP contribution is 2.37. The van der Waals surface area contributed by atoms with Crippen molar-refractivity contribution in [2.75, 3.05) is 17.4 Å². The van der Waals surface area contributed by atoms with Crippen molar-refractivity contribution in [3.8, 4) is 0 Å². The zero-order valence-corrected chi connectivity index (χ0v) is 23.6. The molecule has 1 N–H and O–H groups in total. The van der Waals surface area contributed by atoms with E-state index < -0.39 is 51.9 Å². The molecule has 7 nitrogen and oxygen atoms in total. The molecule has 0 heterocycles. The number of amides is 2. The Morgan fingerprint density at radius 2 is 1.62 bits per heavy atom. The first-order chi connectivity index (χ1) is 18.8. The Bertz CT molecular complexity index is 1450. The molecule has 0 aromatic heterocycles. The molecule has 0 spiro atoms. The maximum Gasteiger partial charge on any atom is 0.416 e. The van der Waals surface area contributed by atoms with Crippen LogP contribution in [0.1, 0.15) is 30.5 Å². The molecule has 0 saturated carbocycles. The van der Waals surface area contributed by atoms with Gasteiger partial charge in [-0.2, -0.15) is 13.2 Å². The van der Waals surface area contributed by atoms with Crippen molar-refractivity contribution >= 4 is 39.1 Å². The summed E-state index contributed by atoms with van der Waals surface area (Å²) in [5.74, 6) is -1.29. The van der Waals surface area contributed by atoms with Crippen LogP contribution in [-0.2, 0) is 32.3 Å². The summed E-state index contributed by atoms with van der Waals surface area (Å²) in [4.78, 5) is 27.5. The van der Waals surface area contributed by atoms with Gasteiger partial charge in [0.15, 0.2) is 0 Å². The third kappa shape index (κ3) is 7.33. The Balaban J connectivity index is 2.12. The van der Waals surface area contributed by atoms with Crippen molar-refractivity contribution in [2.45, 2.75) is 44.4 Å². The standard InChI is InChI=1S/C28H29ClF3N3O4S/c1-4-33-27(37)20(3)34(17-21-12-10-19(2)11-13-21)26(36)18-35(40(38,39)23-8-6-5-7-9-23)25-16-22(28(30,31)32)14-15-24(25)29/h5-16,20H,4,17-18H2,1-3H3,(H,33,37). The van der Waals surface area contributed by atoms with E-state index in [4.69, 9.17) is 11.6 Å². The first-order valence-electron chi connectivity index (χ1n) is 12.3. The summed E-state index contributed by atoms with van der Waals surface area (Å²) in [6, 6.07) is 15.4. The van der Waals surface area contributed by atoms with E-state index in [1.807, 2.05) is 19.1 Å². The number of anilines is 1. The lowest BCUT2D eigenvalue weighted by Crippen LogP contribution is -2.51. The third-order valence-corrected chi connectivity index (χ3v) is 8.24. The van der Waals surface area contributed by atoms with Crippen LogP contribution < -0.4 is 9.62 Å². The lowest BCUT2D eigenvalue weighted by molar-refractivity contribution is -0.139. The number of aryl methyl sites for hydroxylation is 1. The number of hydrogen-bond acceptors (Lipinski definition) is 4. The Hall–Kier alpha value is -3.57. The monoisotopic (exact) mass is 595 g/mol. The number of halogens is 4. The van der Waals surface area contributed by atoms with Crippen molar-refractivity contribution in [3.63, 3.8) is 0 Å². The second-order valence-electron chi connectivity index (χ2n) is 9.07. The highest BCUT2D eigenvalue weighted by atomic mass is 35.5. The summed E-state index contributed by atoms with van der Waals surface area (Å²) >= 11 is 6.23. The molecule has 0 radical (unpaired) electrons. The van der Waals surface area contributed by atoms with Crippen LogP contribution in [0.3, 0.4) is 0 Å². The van der Waals surface area contributed by atoms with Gasteiger partial charge in [-0.05, 0) is 56.7 Å². The number of nitrogens with one attached hydrogen (secondary N) is 1. The van der Waals surface area contributed by atoms with Crippen molar-refractivity contribution in [1.29, 1.82) is 0 Å². The van der Waals surface area contributed by atoms with Crippen molar-refractivity contribution in [1.82, 2.24) is 10.2 Å². The van der Waals surface area contributed by atoms with Gasteiger partial charge < -0.3 is 10.2 Å². The number of hydrogen-bond donors (Lipinski definition) is 1. The number of alkyl halides is 3. The Kier molecular flexibility index (Phi) is 9.86. The summed E-state index contributed by atoms with van der Waals surface area (Å²) in [6.07, 6.45) is -4.80. The molecule has 214 valence electrons. The Morgan fingerprint density at radius 3 is 2.20 bits per heavy atom. The van der Waals surface area contributed by atoms with E-state index in [9.17, 15) is 31.2 Å². The number of rotatable bonds is 10. The molecule has 40 heavy (non-hydrogen) atoms. The number of carbonyl (C=O) groups excluding carboxylic acids is 2. The molecule has 0 aliphatic rings. The normalized spacial score (nSPS) is 12.5. The minimum absolute atomic E-state index is 0.0486. The molecular formula is C28H29ClF3N3O4S. The Morgan fingerprint density at radius 1 is 1.00 bits per heavy atom. The maximum absolute atomic E-state index is 13.8. The van der Waals surface area contributed by atoms with Crippen molar-refractivity contribution in [3.05, 3.63) is 94.5 Å². The van der Waals surface area contributed by atoms with E-state index >= 15 is 0 Å². The largest absolute Gasteiger partial charge is 0.416 e. The lowest BCUT2D eigenvalue weighted by atomic mass is 10.1. The van der Waals surface area contributed by atoms with Gasteiger partial charge in [0.2, 0.25) is 11.8 Å². The maximum atomic E-state index is 13.8. The summed E-state index contributed by atoms with van der Waals surface area (Å²) in [6.45, 7) is 4.42. The lowest BCUT2D eigenvalue weighted by Gasteiger charge is -2.32. The van der Waals surface area contributed by atoms with E-state index in [0.717, 1.165) is 17.7 Å². The average molecular weight is 596 g/mol. The van der Waals surface area contributed by atoms with E-state index in [1.54, 1.807) is 25.1 Å². The van der Waals surface area contributed by atoms with Crippen LogP contribution in [0, 0.1) is 6.92 Å². The fraction of sp³-hybridized carbons (Fsp3) is 0.286. The molecule has 0 aliphatic heterocycles. The van der Waals surface area contributed by atoms with Crippen LogP contribution in [0.15, 0.2) is 77.7 Å². The molecule has 0 bridgehead atoms. The average Bonchev–Trinajstić information content (AvgIpc) is 2.91. The van der Waals surface area contributed by atoms with Crippen LogP contribution in [0.2, 0.25) is 5.02 Å². The number of likely N-dealkylation sites (N-methyl/N-ethyl adjacent to an activating group) is 1. The molecule has 1 atom stereocenters. The first-order valence-corrected chi connectivity index (χ1v) is 14.1. The van der Waals surface area contributed by atoms with Crippen LogP contribution in [-0.4, -0.2) is 44.3 Å². The second-order valence-corrected chi connectivity index (χ2v) is 11.3. The van der Waals surface area contributed by atoms with Gasteiger partial charge in [0.25, 0.3) is 10.0 Å². The van der Waals surface area contributed by atoms with Crippen molar-refractivity contribution in [2.24, 2.45) is 0 Å². The van der Waals surface area contributed by atoms with Gasteiger partial charge in [-0.1, -0.05) is 59.6 Å². The van der Waals surface area contributed by atoms with E-state index in [0.29, 0.717) is 22.5 Å². The molecule has 0 fully saturated rings. The highest BCUT2D eigenvalue weighted by molar-refractivity contribution is 7.92. The summed E-state index contributed by atoms with van der Waals surface area (Å²) < 4.78 is 68.8. The van der Waals surface area contributed by atoms with Gasteiger partial charge in [-0.3, -0.25) is 13.9 Å². The first kappa shape index (κ1) is 31.0. The van der Waals surface area contributed by atoms with Crippen molar-refractivity contribution < 1.29 is 31.2 Å². The molecule has 3 rings (SSSR count). The van der Waals surface area contributed by atoms with E-state index in [-0.39, 0.29) is 16.5 Å². The number of nitrogens with zero attached hydrogens (tertiary/aromatic N) is 2.